The fourth-order valence-corrected chi connectivity index (χ4v) is 4.93. The molecule has 0 saturated carbocycles. The molecule has 3 N–H and O–H groups in total. The Balaban J connectivity index is 1.27. The number of ether oxygens (including phenoxy) is 1. The number of aliphatic carboxylic acids is 1. The number of rotatable bonds is 9. The van der Waals surface area contributed by atoms with Crippen LogP contribution >= 0.6 is 0 Å². The van der Waals surface area contributed by atoms with E-state index in [9.17, 15) is 15.0 Å². The molecule has 40 heavy (non-hydrogen) atoms. The van der Waals surface area contributed by atoms with E-state index in [-0.39, 0.29) is 6.10 Å². The SMILES string of the molecule is CC(C)(Cc1cccc(-c2cccc(Nc3ccnc(N4CCCC(OC5=C(O)CCC=C5)C4)n3)n2)c1)C(=O)O. The van der Waals surface area contributed by atoms with E-state index in [4.69, 9.17) is 14.7 Å². The lowest BCUT2D eigenvalue weighted by Crippen LogP contribution is -2.40. The van der Waals surface area contributed by atoms with Gasteiger partial charge in [-0.2, -0.15) is 4.98 Å². The van der Waals surface area contributed by atoms with E-state index in [0.29, 0.717) is 48.5 Å². The van der Waals surface area contributed by atoms with Gasteiger partial charge in [0.15, 0.2) is 5.76 Å². The number of carbonyl (C=O) groups is 1. The molecule has 9 heteroatoms. The summed E-state index contributed by atoms with van der Waals surface area (Å²) in [4.78, 5) is 27.7. The maximum absolute atomic E-state index is 11.6. The van der Waals surface area contributed by atoms with E-state index in [1.165, 1.54) is 0 Å². The Morgan fingerprint density at radius 1 is 1.15 bits per heavy atom. The van der Waals surface area contributed by atoms with Gasteiger partial charge < -0.3 is 25.2 Å². The predicted molar refractivity (Wildman–Crippen MR) is 154 cm³/mol. The van der Waals surface area contributed by atoms with Crippen molar-refractivity contribution in [2.75, 3.05) is 23.3 Å². The number of nitrogens with one attached hydrogen (secondary N) is 1. The number of aliphatic hydroxyl groups is 1. The maximum Gasteiger partial charge on any atom is 0.309 e. The molecular weight excluding hydrogens is 506 g/mol. The number of benzene rings is 1. The summed E-state index contributed by atoms with van der Waals surface area (Å²) in [5.41, 5.74) is 1.78. The Morgan fingerprint density at radius 3 is 2.80 bits per heavy atom. The Labute approximate surface area is 234 Å². The van der Waals surface area contributed by atoms with Gasteiger partial charge in [0.05, 0.1) is 17.7 Å². The minimum Gasteiger partial charge on any atom is -0.508 e. The van der Waals surface area contributed by atoms with E-state index in [1.807, 2.05) is 54.6 Å². The smallest absolute Gasteiger partial charge is 0.309 e. The van der Waals surface area contributed by atoms with E-state index in [1.54, 1.807) is 26.1 Å². The Hall–Kier alpha value is -4.40. The van der Waals surface area contributed by atoms with E-state index in [2.05, 4.69) is 15.2 Å². The van der Waals surface area contributed by atoms with Crippen molar-refractivity contribution < 1.29 is 19.7 Å². The van der Waals surface area contributed by atoms with Crippen LogP contribution < -0.4 is 10.2 Å². The average Bonchev–Trinajstić information content (AvgIpc) is 2.95. The first-order chi connectivity index (χ1) is 19.3. The van der Waals surface area contributed by atoms with Crippen LogP contribution in [-0.2, 0) is 16.0 Å². The maximum atomic E-state index is 11.6. The van der Waals surface area contributed by atoms with Crippen molar-refractivity contribution in [3.05, 3.63) is 84.0 Å². The fourth-order valence-electron chi connectivity index (χ4n) is 4.93. The fraction of sp³-hybridized carbons (Fsp3) is 0.355. The molecule has 3 heterocycles. The molecule has 1 aliphatic heterocycles. The molecule has 0 amide bonds. The lowest BCUT2D eigenvalue weighted by molar-refractivity contribution is -0.146. The summed E-state index contributed by atoms with van der Waals surface area (Å²) in [6, 6.07) is 15.4. The number of anilines is 3. The second kappa shape index (κ2) is 11.8. The molecule has 5 rings (SSSR count). The highest BCUT2D eigenvalue weighted by Gasteiger charge is 2.27. The third kappa shape index (κ3) is 6.59. The second-order valence-corrected chi connectivity index (χ2v) is 10.9. The van der Waals surface area contributed by atoms with Gasteiger partial charge in [-0.15, -0.1) is 0 Å². The van der Waals surface area contributed by atoms with Crippen molar-refractivity contribution in [1.82, 2.24) is 15.0 Å². The first kappa shape index (κ1) is 27.2. The number of aromatic nitrogens is 3. The van der Waals surface area contributed by atoms with Crippen LogP contribution in [0.2, 0.25) is 0 Å². The number of nitrogens with zero attached hydrogens (tertiary/aromatic N) is 4. The molecule has 1 aliphatic carbocycles. The quantitative estimate of drug-likeness (QED) is 0.298. The van der Waals surface area contributed by atoms with Crippen LogP contribution in [-0.4, -0.2) is 50.3 Å². The van der Waals surface area contributed by atoms with Crippen LogP contribution in [0.3, 0.4) is 0 Å². The van der Waals surface area contributed by atoms with Crippen LogP contribution in [0.4, 0.5) is 17.6 Å². The number of aliphatic hydroxyl groups excluding tert-OH is 1. The monoisotopic (exact) mass is 541 g/mol. The van der Waals surface area contributed by atoms with Gasteiger partial charge in [0.25, 0.3) is 0 Å². The van der Waals surface area contributed by atoms with Crippen molar-refractivity contribution in [1.29, 1.82) is 0 Å². The van der Waals surface area contributed by atoms with Crippen LogP contribution in [0.5, 0.6) is 0 Å². The van der Waals surface area contributed by atoms with Crippen LogP contribution in [0.25, 0.3) is 11.3 Å². The van der Waals surface area contributed by atoms with Crippen molar-refractivity contribution >= 4 is 23.6 Å². The molecule has 0 bridgehead atoms. The highest BCUT2D eigenvalue weighted by Crippen LogP contribution is 2.28. The minimum absolute atomic E-state index is 0.0518. The van der Waals surface area contributed by atoms with Gasteiger partial charge in [-0.3, -0.25) is 4.79 Å². The third-order valence-corrected chi connectivity index (χ3v) is 7.15. The summed E-state index contributed by atoms with van der Waals surface area (Å²) >= 11 is 0. The van der Waals surface area contributed by atoms with Crippen LogP contribution in [0.15, 0.2) is 78.4 Å². The standard InChI is InChI=1S/C31H35N5O4/c1-31(2,29(38)39)19-21-8-5-9-22(18-21)24-11-6-14-27(33-24)34-28-15-16-32-30(35-28)36-17-7-10-23(20-36)40-26-13-4-3-12-25(26)37/h4-6,8-9,11,13-16,18,23,37H,3,7,10,12,17,19-20H2,1-2H3,(H,38,39)(H,32,33,34,35). The van der Waals surface area contributed by atoms with Gasteiger partial charge in [-0.05, 0) is 75.4 Å². The topological polar surface area (TPSA) is 121 Å². The molecule has 3 aromatic rings. The van der Waals surface area contributed by atoms with Crippen molar-refractivity contribution in [2.24, 2.45) is 5.41 Å². The molecule has 1 saturated heterocycles. The summed E-state index contributed by atoms with van der Waals surface area (Å²) in [6.45, 7) is 4.92. The number of hydrogen-bond donors (Lipinski definition) is 3. The van der Waals surface area contributed by atoms with Gasteiger partial charge in [-0.1, -0.05) is 30.3 Å². The van der Waals surface area contributed by atoms with Gasteiger partial charge in [0.2, 0.25) is 5.95 Å². The van der Waals surface area contributed by atoms with Crippen molar-refractivity contribution in [3.8, 4) is 11.3 Å². The Kier molecular flexibility index (Phi) is 8.00. The summed E-state index contributed by atoms with van der Waals surface area (Å²) < 4.78 is 6.11. The molecule has 2 aliphatic rings. The molecule has 1 atom stereocenters. The number of carboxylic acid groups (broad SMARTS) is 1. The van der Waals surface area contributed by atoms with Gasteiger partial charge in [-0.25, -0.2) is 9.97 Å². The van der Waals surface area contributed by atoms with Crippen molar-refractivity contribution in [2.45, 2.75) is 52.1 Å². The van der Waals surface area contributed by atoms with Crippen LogP contribution in [0.1, 0.15) is 45.1 Å². The molecule has 0 spiro atoms. The highest BCUT2D eigenvalue weighted by molar-refractivity contribution is 5.74. The Bertz CT molecular complexity index is 1430. The summed E-state index contributed by atoms with van der Waals surface area (Å²) in [5.74, 6) is 1.94. The minimum atomic E-state index is -0.855. The summed E-state index contributed by atoms with van der Waals surface area (Å²) in [5, 5.41) is 23.0. The number of pyridine rings is 1. The first-order valence-electron chi connectivity index (χ1n) is 13.7. The van der Waals surface area contributed by atoms with E-state index < -0.39 is 11.4 Å². The van der Waals surface area contributed by atoms with Crippen molar-refractivity contribution in [3.63, 3.8) is 0 Å². The highest BCUT2D eigenvalue weighted by atomic mass is 16.5. The average molecular weight is 542 g/mol. The molecule has 0 radical (unpaired) electrons. The predicted octanol–water partition coefficient (Wildman–Crippen LogP) is 6.04. The summed E-state index contributed by atoms with van der Waals surface area (Å²) in [7, 11) is 0. The zero-order chi connectivity index (χ0) is 28.1. The van der Waals surface area contributed by atoms with Gasteiger partial charge >= 0.3 is 5.97 Å². The zero-order valence-electron chi connectivity index (χ0n) is 22.9. The molecule has 2 aromatic heterocycles. The largest absolute Gasteiger partial charge is 0.508 e. The first-order valence-corrected chi connectivity index (χ1v) is 13.7. The molecule has 208 valence electrons. The molecule has 9 nitrogen and oxygen atoms in total. The van der Waals surface area contributed by atoms with E-state index in [0.717, 1.165) is 42.6 Å². The molecular formula is C31H35N5O4. The van der Waals surface area contributed by atoms with Crippen LogP contribution in [0, 0.1) is 5.41 Å². The number of allylic oxidation sites excluding steroid dienone is 3. The zero-order valence-corrected chi connectivity index (χ0v) is 22.9. The molecule has 1 unspecified atom stereocenters. The second-order valence-electron chi connectivity index (χ2n) is 10.9. The Morgan fingerprint density at radius 2 is 1.98 bits per heavy atom. The lowest BCUT2D eigenvalue weighted by atomic mass is 9.85. The summed E-state index contributed by atoms with van der Waals surface area (Å²) in [6.07, 6.45) is 9.27. The third-order valence-electron chi connectivity index (χ3n) is 7.15. The molecule has 1 fully saturated rings. The molecule has 1 aromatic carbocycles. The number of hydrogen-bond acceptors (Lipinski definition) is 8. The van der Waals surface area contributed by atoms with Gasteiger partial charge in [0, 0.05) is 24.7 Å². The van der Waals surface area contributed by atoms with Gasteiger partial charge in [0.1, 0.15) is 23.5 Å². The van der Waals surface area contributed by atoms with E-state index >= 15 is 0 Å². The normalized spacial score (nSPS) is 17.6. The lowest BCUT2D eigenvalue weighted by Gasteiger charge is -2.33. The number of piperidine rings is 1. The number of carboxylic acids is 1.